The highest BCUT2D eigenvalue weighted by molar-refractivity contribution is 7.88. The Morgan fingerprint density at radius 2 is 1.95 bits per heavy atom. The summed E-state index contributed by atoms with van der Waals surface area (Å²) in [6.45, 7) is 3.33. The van der Waals surface area contributed by atoms with Gasteiger partial charge in [-0.3, -0.25) is 0 Å². The van der Waals surface area contributed by atoms with E-state index >= 15 is 0 Å². The van der Waals surface area contributed by atoms with Gasteiger partial charge in [-0.05, 0) is 31.5 Å². The van der Waals surface area contributed by atoms with Gasteiger partial charge in [0.15, 0.2) is 0 Å². The smallest absolute Gasteiger partial charge is 0.215 e. The Hall–Kier alpha value is -1.02. The number of likely N-dealkylation sites (tertiary alicyclic amines) is 1. The van der Waals surface area contributed by atoms with Gasteiger partial charge in [-0.15, -0.1) is 0 Å². The molecule has 1 aromatic rings. The van der Waals surface area contributed by atoms with E-state index in [1.165, 1.54) is 12.8 Å². The van der Waals surface area contributed by atoms with Crippen molar-refractivity contribution in [2.75, 3.05) is 26.2 Å². The van der Waals surface area contributed by atoms with Crippen LogP contribution >= 0.6 is 12.2 Å². The quantitative estimate of drug-likeness (QED) is 0.726. The zero-order valence-electron chi connectivity index (χ0n) is 11.9. The van der Waals surface area contributed by atoms with Gasteiger partial charge in [0, 0.05) is 18.7 Å². The highest BCUT2D eigenvalue weighted by atomic mass is 32.2. The summed E-state index contributed by atoms with van der Waals surface area (Å²) in [7, 11) is -3.37. The fraction of sp³-hybridized carbons (Fsp3) is 0.500. The lowest BCUT2D eigenvalue weighted by atomic mass is 10.1. The van der Waals surface area contributed by atoms with E-state index in [1.807, 2.05) is 0 Å². The number of rotatable bonds is 7. The van der Waals surface area contributed by atoms with E-state index in [0.717, 1.165) is 19.6 Å². The summed E-state index contributed by atoms with van der Waals surface area (Å²) in [5, 5.41) is 0. The molecule has 1 heterocycles. The number of hydrogen-bond donors (Lipinski definition) is 2. The van der Waals surface area contributed by atoms with Gasteiger partial charge in [-0.1, -0.05) is 36.5 Å². The minimum absolute atomic E-state index is 0.0967. The Morgan fingerprint density at radius 3 is 2.62 bits per heavy atom. The molecular weight excluding hydrogens is 306 g/mol. The molecule has 2 rings (SSSR count). The molecule has 0 aromatic heterocycles. The van der Waals surface area contributed by atoms with E-state index in [-0.39, 0.29) is 10.7 Å². The third-order valence-corrected chi connectivity index (χ3v) is 5.13. The summed E-state index contributed by atoms with van der Waals surface area (Å²) >= 11 is 4.95. The minimum Gasteiger partial charge on any atom is -0.389 e. The van der Waals surface area contributed by atoms with Gasteiger partial charge in [-0.25, -0.2) is 13.1 Å². The number of nitrogens with zero attached hydrogens (tertiary/aromatic N) is 1. The van der Waals surface area contributed by atoms with Gasteiger partial charge >= 0.3 is 0 Å². The number of sulfonamides is 1. The normalized spacial score (nSPS) is 16.2. The second kappa shape index (κ2) is 7.31. The van der Waals surface area contributed by atoms with Gasteiger partial charge in [0.05, 0.1) is 5.75 Å². The summed E-state index contributed by atoms with van der Waals surface area (Å²) in [5.74, 6) is -0.0967. The maximum Gasteiger partial charge on any atom is 0.215 e. The van der Waals surface area contributed by atoms with Crippen molar-refractivity contribution in [2.24, 2.45) is 5.73 Å². The number of hydrogen-bond acceptors (Lipinski definition) is 4. The molecule has 1 aliphatic heterocycles. The molecule has 0 spiro atoms. The van der Waals surface area contributed by atoms with Crippen molar-refractivity contribution < 1.29 is 8.42 Å². The van der Waals surface area contributed by atoms with Crippen LogP contribution in [0.15, 0.2) is 24.3 Å². The topological polar surface area (TPSA) is 75.4 Å². The monoisotopic (exact) mass is 327 g/mol. The minimum atomic E-state index is -3.37. The van der Waals surface area contributed by atoms with Crippen molar-refractivity contribution >= 4 is 27.2 Å². The number of nitrogens with one attached hydrogen (secondary N) is 1. The van der Waals surface area contributed by atoms with Crippen molar-refractivity contribution in [3.8, 4) is 0 Å². The van der Waals surface area contributed by atoms with Crippen molar-refractivity contribution in [3.63, 3.8) is 0 Å². The summed E-state index contributed by atoms with van der Waals surface area (Å²) in [6, 6.07) is 7.08. The molecule has 21 heavy (non-hydrogen) atoms. The summed E-state index contributed by atoms with van der Waals surface area (Å²) in [4.78, 5) is 2.49. The predicted molar refractivity (Wildman–Crippen MR) is 88.6 cm³/mol. The van der Waals surface area contributed by atoms with E-state index in [1.54, 1.807) is 24.3 Å². The van der Waals surface area contributed by atoms with Crippen LogP contribution in [-0.2, 0) is 15.8 Å². The molecule has 7 heteroatoms. The lowest BCUT2D eigenvalue weighted by Gasteiger charge is -2.15. The van der Waals surface area contributed by atoms with Crippen LogP contribution in [0.5, 0.6) is 0 Å². The third-order valence-electron chi connectivity index (χ3n) is 3.58. The van der Waals surface area contributed by atoms with E-state index in [0.29, 0.717) is 17.7 Å². The average Bonchev–Trinajstić information content (AvgIpc) is 2.91. The molecule has 1 aromatic carbocycles. The molecule has 0 amide bonds. The molecule has 0 unspecified atom stereocenters. The van der Waals surface area contributed by atoms with Crippen LogP contribution in [0.1, 0.15) is 24.0 Å². The fourth-order valence-electron chi connectivity index (χ4n) is 2.51. The van der Waals surface area contributed by atoms with E-state index in [9.17, 15) is 8.42 Å². The average molecular weight is 327 g/mol. The van der Waals surface area contributed by atoms with Crippen LogP contribution in [-0.4, -0.2) is 44.5 Å². The Bertz CT molecular complexity index is 596. The van der Waals surface area contributed by atoms with Crippen molar-refractivity contribution in [1.29, 1.82) is 0 Å². The van der Waals surface area contributed by atoms with Gasteiger partial charge in [-0.2, -0.15) is 0 Å². The first-order valence-electron chi connectivity index (χ1n) is 7.05. The van der Waals surface area contributed by atoms with E-state index < -0.39 is 10.0 Å². The van der Waals surface area contributed by atoms with Crippen molar-refractivity contribution in [3.05, 3.63) is 35.4 Å². The van der Waals surface area contributed by atoms with Crippen molar-refractivity contribution in [1.82, 2.24) is 9.62 Å². The third kappa shape index (κ3) is 5.03. The van der Waals surface area contributed by atoms with Crippen molar-refractivity contribution in [2.45, 2.75) is 18.6 Å². The zero-order chi connectivity index (χ0) is 15.3. The first-order chi connectivity index (χ1) is 9.98. The molecular formula is C14H21N3O2S2. The highest BCUT2D eigenvalue weighted by Gasteiger charge is 2.16. The molecule has 0 atom stereocenters. The molecule has 5 nitrogen and oxygen atoms in total. The molecule has 0 radical (unpaired) electrons. The fourth-order valence-corrected chi connectivity index (χ4v) is 3.87. The number of nitrogens with two attached hydrogens (primary N) is 1. The van der Waals surface area contributed by atoms with Gasteiger partial charge < -0.3 is 10.6 Å². The Morgan fingerprint density at radius 1 is 1.29 bits per heavy atom. The zero-order valence-corrected chi connectivity index (χ0v) is 13.5. The molecule has 3 N–H and O–H groups in total. The van der Waals surface area contributed by atoms with E-state index in [2.05, 4.69) is 9.62 Å². The maximum atomic E-state index is 12.1. The van der Waals surface area contributed by atoms with Gasteiger partial charge in [0.25, 0.3) is 0 Å². The lowest BCUT2D eigenvalue weighted by molar-refractivity contribution is 0.344. The van der Waals surface area contributed by atoms with Crippen LogP contribution in [0.25, 0.3) is 0 Å². The molecule has 0 saturated carbocycles. The Labute approximate surface area is 131 Å². The molecule has 0 bridgehead atoms. The van der Waals surface area contributed by atoms with Crippen LogP contribution in [0.2, 0.25) is 0 Å². The Kier molecular flexibility index (Phi) is 5.69. The molecule has 0 aliphatic carbocycles. The van der Waals surface area contributed by atoms with Gasteiger partial charge in [0.2, 0.25) is 10.0 Å². The number of benzene rings is 1. The first kappa shape index (κ1) is 16.4. The largest absolute Gasteiger partial charge is 0.389 e. The summed E-state index contributed by atoms with van der Waals surface area (Å²) < 4.78 is 26.9. The molecule has 1 fully saturated rings. The van der Waals surface area contributed by atoms with Crippen LogP contribution in [0.4, 0.5) is 0 Å². The highest BCUT2D eigenvalue weighted by Crippen LogP contribution is 2.12. The maximum absolute atomic E-state index is 12.1. The lowest BCUT2D eigenvalue weighted by Crippen LogP contribution is -2.34. The Balaban J connectivity index is 1.92. The predicted octanol–water partition coefficient (Wildman–Crippen LogP) is 0.836. The summed E-state index contributed by atoms with van der Waals surface area (Å²) in [5.41, 5.74) is 6.89. The SMILES string of the molecule is NC(=S)c1ccccc1CS(=O)(=O)NCCN1CCCC1. The van der Waals surface area contributed by atoms with E-state index in [4.69, 9.17) is 18.0 Å². The molecule has 1 aliphatic rings. The standard InChI is InChI=1S/C14H21N3O2S2/c15-14(20)13-6-2-1-5-12(13)11-21(18,19)16-7-10-17-8-3-4-9-17/h1-2,5-6,16H,3-4,7-11H2,(H2,15,20). The second-order valence-electron chi connectivity index (χ2n) is 5.22. The molecule has 1 saturated heterocycles. The summed E-state index contributed by atoms with van der Waals surface area (Å²) in [6.07, 6.45) is 2.40. The van der Waals surface area contributed by atoms with Gasteiger partial charge in [0.1, 0.15) is 4.99 Å². The first-order valence-corrected chi connectivity index (χ1v) is 9.11. The van der Waals surface area contributed by atoms with Crippen LogP contribution < -0.4 is 10.5 Å². The second-order valence-corrected chi connectivity index (χ2v) is 7.47. The number of thiocarbonyl (C=S) groups is 1. The molecule has 116 valence electrons. The van der Waals surface area contributed by atoms with Crippen LogP contribution in [0.3, 0.4) is 0 Å². The van der Waals surface area contributed by atoms with Crippen LogP contribution in [0, 0.1) is 0 Å².